The van der Waals surface area contributed by atoms with Gasteiger partial charge in [-0.1, -0.05) is 18.2 Å². The molecule has 21 heavy (non-hydrogen) atoms. The van der Waals surface area contributed by atoms with Crippen LogP contribution in [-0.2, 0) is 0 Å². The Balaban J connectivity index is 1.96. The highest BCUT2D eigenvalue weighted by Gasteiger charge is 2.10. The summed E-state index contributed by atoms with van der Waals surface area (Å²) in [6, 6.07) is 13.9. The van der Waals surface area contributed by atoms with Crippen LogP contribution < -0.4 is 5.32 Å². The molecule has 0 radical (unpaired) electrons. The third kappa shape index (κ3) is 1.90. The first kappa shape index (κ1) is 11.8. The molecule has 0 saturated heterocycles. The number of imidazole rings is 1. The summed E-state index contributed by atoms with van der Waals surface area (Å²) in [5.74, 6) is 1.62. The third-order valence-electron chi connectivity index (χ3n) is 3.50. The number of hydrogen-bond acceptors (Lipinski definition) is 4. The summed E-state index contributed by atoms with van der Waals surface area (Å²) in [7, 11) is 1.85. The van der Waals surface area contributed by atoms with E-state index in [1.165, 1.54) is 0 Å². The number of H-pyrrole nitrogens is 1. The number of nitrogens with one attached hydrogen (secondary N) is 2. The van der Waals surface area contributed by atoms with Gasteiger partial charge in [-0.05, 0) is 24.3 Å². The number of rotatable bonds is 2. The molecule has 0 spiro atoms. The van der Waals surface area contributed by atoms with Crippen LogP contribution >= 0.6 is 0 Å². The van der Waals surface area contributed by atoms with E-state index in [4.69, 9.17) is 0 Å². The van der Waals surface area contributed by atoms with Gasteiger partial charge in [-0.25, -0.2) is 9.97 Å². The van der Waals surface area contributed by atoms with Crippen molar-refractivity contribution in [2.75, 3.05) is 12.4 Å². The molecule has 0 fully saturated rings. The molecule has 3 aromatic heterocycles. The fourth-order valence-corrected chi connectivity index (χ4v) is 2.47. The molecular weight excluding hydrogens is 262 g/mol. The minimum Gasteiger partial charge on any atom is -0.373 e. The van der Waals surface area contributed by atoms with E-state index in [1.807, 2.05) is 43.4 Å². The van der Waals surface area contributed by atoms with Crippen molar-refractivity contribution < 1.29 is 0 Å². The summed E-state index contributed by atoms with van der Waals surface area (Å²) >= 11 is 0. The van der Waals surface area contributed by atoms with Gasteiger partial charge in [0.2, 0.25) is 0 Å². The zero-order valence-corrected chi connectivity index (χ0v) is 11.5. The van der Waals surface area contributed by atoms with Gasteiger partial charge in [0, 0.05) is 24.2 Å². The zero-order chi connectivity index (χ0) is 14.2. The number of anilines is 1. The Morgan fingerprint density at radius 2 is 1.95 bits per heavy atom. The summed E-state index contributed by atoms with van der Waals surface area (Å²) in [6.45, 7) is 0. The number of pyridine rings is 2. The lowest BCUT2D eigenvalue weighted by Gasteiger charge is -2.02. The van der Waals surface area contributed by atoms with Gasteiger partial charge >= 0.3 is 0 Å². The normalized spacial score (nSPS) is 11.1. The number of aromatic amines is 1. The van der Waals surface area contributed by atoms with Gasteiger partial charge in [0.1, 0.15) is 11.6 Å². The quantitative estimate of drug-likeness (QED) is 0.589. The first-order valence-electron chi connectivity index (χ1n) is 6.74. The van der Waals surface area contributed by atoms with E-state index in [2.05, 4.69) is 31.3 Å². The van der Waals surface area contributed by atoms with Gasteiger partial charge < -0.3 is 10.3 Å². The highest BCUT2D eigenvalue weighted by atomic mass is 15.0. The highest BCUT2D eigenvalue weighted by Crippen LogP contribution is 2.27. The lowest BCUT2D eigenvalue weighted by Crippen LogP contribution is -1.91. The molecule has 0 aliphatic heterocycles. The third-order valence-corrected chi connectivity index (χ3v) is 3.50. The fraction of sp³-hybridized carbons (Fsp3) is 0.0625. The van der Waals surface area contributed by atoms with Crippen LogP contribution in [0.3, 0.4) is 0 Å². The first-order valence-corrected chi connectivity index (χ1v) is 6.74. The van der Waals surface area contributed by atoms with Crippen LogP contribution in [0.4, 0.5) is 5.82 Å². The fourth-order valence-electron chi connectivity index (χ4n) is 2.47. The predicted octanol–water partition coefficient (Wildman–Crippen LogP) is 3.21. The molecule has 102 valence electrons. The maximum absolute atomic E-state index is 4.61. The Morgan fingerprint density at radius 3 is 2.86 bits per heavy atom. The summed E-state index contributed by atoms with van der Waals surface area (Å²) in [5.41, 5.74) is 3.62. The molecule has 0 unspecified atom stereocenters. The molecule has 0 aliphatic carbocycles. The van der Waals surface area contributed by atoms with E-state index in [0.29, 0.717) is 5.65 Å². The van der Waals surface area contributed by atoms with E-state index >= 15 is 0 Å². The van der Waals surface area contributed by atoms with E-state index in [9.17, 15) is 0 Å². The van der Waals surface area contributed by atoms with Crippen molar-refractivity contribution in [3.63, 3.8) is 0 Å². The lowest BCUT2D eigenvalue weighted by atomic mass is 10.1. The van der Waals surface area contributed by atoms with Gasteiger partial charge in [0.05, 0.1) is 11.0 Å². The molecule has 0 atom stereocenters. The summed E-state index contributed by atoms with van der Waals surface area (Å²) in [5, 5.41) is 4.10. The molecule has 4 aromatic rings. The second-order valence-corrected chi connectivity index (χ2v) is 4.78. The molecule has 4 rings (SSSR count). The van der Waals surface area contributed by atoms with Crippen LogP contribution in [0, 0.1) is 0 Å². The average molecular weight is 275 g/mol. The number of benzene rings is 1. The van der Waals surface area contributed by atoms with E-state index in [1.54, 1.807) is 6.20 Å². The van der Waals surface area contributed by atoms with Crippen LogP contribution in [0.15, 0.2) is 48.7 Å². The van der Waals surface area contributed by atoms with Gasteiger partial charge in [-0.15, -0.1) is 0 Å². The lowest BCUT2D eigenvalue weighted by molar-refractivity contribution is 1.29. The molecule has 0 bridgehead atoms. The monoisotopic (exact) mass is 275 g/mol. The SMILES string of the molecule is CNc1ccc2[nH]c(-c3cccc4ncccc34)nc2n1. The van der Waals surface area contributed by atoms with Crippen molar-refractivity contribution >= 4 is 27.9 Å². The van der Waals surface area contributed by atoms with Crippen molar-refractivity contribution in [2.24, 2.45) is 0 Å². The second kappa shape index (κ2) is 4.56. The Hall–Kier alpha value is -2.95. The second-order valence-electron chi connectivity index (χ2n) is 4.78. The molecule has 2 N–H and O–H groups in total. The van der Waals surface area contributed by atoms with Gasteiger partial charge in [-0.2, -0.15) is 0 Å². The van der Waals surface area contributed by atoms with Crippen LogP contribution in [-0.4, -0.2) is 27.0 Å². The minimum atomic E-state index is 0.706. The predicted molar refractivity (Wildman–Crippen MR) is 84.2 cm³/mol. The van der Waals surface area contributed by atoms with Gasteiger partial charge in [0.15, 0.2) is 5.65 Å². The van der Waals surface area contributed by atoms with Crippen molar-refractivity contribution in [3.8, 4) is 11.4 Å². The van der Waals surface area contributed by atoms with E-state index in [0.717, 1.165) is 33.6 Å². The molecule has 0 saturated carbocycles. The summed E-state index contributed by atoms with van der Waals surface area (Å²) < 4.78 is 0. The van der Waals surface area contributed by atoms with E-state index in [-0.39, 0.29) is 0 Å². The topological polar surface area (TPSA) is 66.5 Å². The van der Waals surface area contributed by atoms with Crippen molar-refractivity contribution in [3.05, 3.63) is 48.7 Å². The molecular formula is C16H13N5. The molecule has 0 amide bonds. The average Bonchev–Trinajstić information content (AvgIpc) is 2.97. The Bertz CT molecular complexity index is 936. The number of hydrogen-bond donors (Lipinski definition) is 2. The van der Waals surface area contributed by atoms with Gasteiger partial charge in [0.25, 0.3) is 0 Å². The maximum atomic E-state index is 4.61. The Morgan fingerprint density at radius 1 is 1.00 bits per heavy atom. The number of fused-ring (bicyclic) bond motifs is 2. The number of nitrogens with zero attached hydrogens (tertiary/aromatic N) is 3. The van der Waals surface area contributed by atoms with Crippen molar-refractivity contribution in [2.45, 2.75) is 0 Å². The number of aromatic nitrogens is 4. The highest BCUT2D eigenvalue weighted by molar-refractivity contribution is 5.94. The summed E-state index contributed by atoms with van der Waals surface area (Å²) in [4.78, 5) is 16.8. The van der Waals surface area contributed by atoms with E-state index < -0.39 is 0 Å². The molecule has 3 heterocycles. The van der Waals surface area contributed by atoms with Gasteiger partial charge in [-0.3, -0.25) is 4.98 Å². The van der Waals surface area contributed by atoms with Crippen molar-refractivity contribution in [1.82, 2.24) is 19.9 Å². The Kier molecular flexibility index (Phi) is 2.57. The molecule has 5 nitrogen and oxygen atoms in total. The smallest absolute Gasteiger partial charge is 0.180 e. The summed E-state index contributed by atoms with van der Waals surface area (Å²) in [6.07, 6.45) is 1.80. The molecule has 1 aromatic carbocycles. The molecule has 5 heteroatoms. The van der Waals surface area contributed by atoms with Crippen LogP contribution in [0.5, 0.6) is 0 Å². The largest absolute Gasteiger partial charge is 0.373 e. The maximum Gasteiger partial charge on any atom is 0.180 e. The first-order chi connectivity index (χ1) is 10.3. The minimum absolute atomic E-state index is 0.706. The van der Waals surface area contributed by atoms with Crippen molar-refractivity contribution in [1.29, 1.82) is 0 Å². The zero-order valence-electron chi connectivity index (χ0n) is 11.5. The Labute approximate surface area is 121 Å². The van der Waals surface area contributed by atoms with Crippen LogP contribution in [0.2, 0.25) is 0 Å². The molecule has 0 aliphatic rings. The standard InChI is InChI=1S/C16H13N5/c1-17-14-8-7-13-16(20-14)21-15(19-13)11-4-2-6-12-10(11)5-3-9-18-12/h2-9H,1H3,(H2,17,19,20,21). The van der Waals surface area contributed by atoms with Crippen LogP contribution in [0.25, 0.3) is 33.5 Å². The van der Waals surface area contributed by atoms with Crippen LogP contribution in [0.1, 0.15) is 0 Å².